The van der Waals surface area contributed by atoms with Crippen LogP contribution in [-0.2, 0) is 33.3 Å². The molecule has 0 radical (unpaired) electrons. The first-order valence-corrected chi connectivity index (χ1v) is 10.5. The van der Waals surface area contributed by atoms with Crippen LogP contribution in [0.3, 0.4) is 0 Å². The zero-order valence-electron chi connectivity index (χ0n) is 16.4. The second-order valence-corrected chi connectivity index (χ2v) is 8.10. The number of hydrogen-bond donors (Lipinski definition) is 1. The lowest BCUT2D eigenvalue weighted by molar-refractivity contribution is -0.142. The first-order valence-electron chi connectivity index (χ1n) is 9.64. The third-order valence-electron chi connectivity index (χ3n) is 4.76. The molecule has 3 rings (SSSR count). The van der Waals surface area contributed by atoms with E-state index in [-0.39, 0.29) is 5.56 Å². The van der Waals surface area contributed by atoms with Crippen LogP contribution in [-0.4, -0.2) is 18.5 Å². The Hall–Kier alpha value is -3.12. The van der Waals surface area contributed by atoms with Crippen molar-refractivity contribution in [3.8, 4) is 6.07 Å². The number of benzene rings is 1. The van der Waals surface area contributed by atoms with E-state index < -0.39 is 30.2 Å². The average Bonchev–Trinajstić information content (AvgIpc) is 2.89. The van der Waals surface area contributed by atoms with Gasteiger partial charge in [-0.25, -0.2) is 4.79 Å². The van der Waals surface area contributed by atoms with Gasteiger partial charge in [0.2, 0.25) is 0 Å². The van der Waals surface area contributed by atoms with Crippen molar-refractivity contribution in [3.05, 3.63) is 57.5 Å². The molecule has 1 aliphatic rings. The minimum Gasteiger partial charge on any atom is -0.452 e. The lowest BCUT2D eigenvalue weighted by Crippen LogP contribution is -2.20. The van der Waals surface area contributed by atoms with E-state index in [1.54, 1.807) is 0 Å². The van der Waals surface area contributed by atoms with Crippen LogP contribution in [0.15, 0.2) is 30.3 Å². The zero-order valence-corrected chi connectivity index (χ0v) is 17.2. The number of ether oxygens (including phenoxy) is 1. The molecule has 0 spiro atoms. The molecule has 1 aliphatic carbocycles. The smallest absolute Gasteiger partial charge is 0.416 e. The minimum atomic E-state index is -4.48. The van der Waals surface area contributed by atoms with Crippen LogP contribution < -0.4 is 5.32 Å². The second-order valence-electron chi connectivity index (χ2n) is 6.99. The van der Waals surface area contributed by atoms with E-state index in [0.717, 1.165) is 60.8 Å². The van der Waals surface area contributed by atoms with Gasteiger partial charge in [0.1, 0.15) is 11.1 Å². The summed E-state index contributed by atoms with van der Waals surface area (Å²) < 4.78 is 43.0. The number of aryl methyl sites for hydroxylation is 1. The van der Waals surface area contributed by atoms with Crippen molar-refractivity contribution < 1.29 is 27.5 Å². The van der Waals surface area contributed by atoms with Crippen LogP contribution in [0.4, 0.5) is 18.2 Å². The number of carbonyl (C=O) groups is 2. The molecule has 9 heteroatoms. The van der Waals surface area contributed by atoms with Crippen molar-refractivity contribution in [1.29, 1.82) is 5.26 Å². The Bertz CT molecular complexity index is 1050. The van der Waals surface area contributed by atoms with Crippen molar-refractivity contribution >= 4 is 34.3 Å². The molecule has 2 aromatic rings. The molecule has 0 saturated carbocycles. The summed E-state index contributed by atoms with van der Waals surface area (Å²) >= 11 is 1.37. The van der Waals surface area contributed by atoms with Crippen LogP contribution in [0.2, 0.25) is 0 Å². The number of fused-ring (bicyclic) bond motifs is 1. The molecule has 1 amide bonds. The predicted octanol–water partition coefficient (Wildman–Crippen LogP) is 5.10. The number of anilines is 1. The van der Waals surface area contributed by atoms with E-state index >= 15 is 0 Å². The van der Waals surface area contributed by atoms with Gasteiger partial charge in [-0.2, -0.15) is 18.4 Å². The van der Waals surface area contributed by atoms with E-state index in [1.165, 1.54) is 29.5 Å². The number of rotatable bonds is 5. The fourth-order valence-corrected chi connectivity index (χ4v) is 4.54. The number of halogens is 3. The second kappa shape index (κ2) is 9.79. The number of carbonyl (C=O) groups excluding carboxylic acids is 2. The average molecular weight is 448 g/mol. The fraction of sp³-hybridized carbons (Fsp3) is 0.318. The molecule has 1 aromatic heterocycles. The molecule has 0 bridgehead atoms. The van der Waals surface area contributed by atoms with Gasteiger partial charge in [0.05, 0.1) is 11.1 Å². The molecule has 1 heterocycles. The van der Waals surface area contributed by atoms with Gasteiger partial charge in [0.25, 0.3) is 5.91 Å². The summed E-state index contributed by atoms with van der Waals surface area (Å²) in [5.41, 5.74) is 0.798. The number of nitriles is 1. The fourth-order valence-electron chi connectivity index (χ4n) is 3.28. The first-order chi connectivity index (χ1) is 14.8. The number of amides is 1. The van der Waals surface area contributed by atoms with Crippen molar-refractivity contribution in [2.24, 2.45) is 0 Å². The van der Waals surface area contributed by atoms with Crippen molar-refractivity contribution in [3.63, 3.8) is 0 Å². The van der Waals surface area contributed by atoms with Crippen molar-refractivity contribution in [1.82, 2.24) is 0 Å². The Balaban J connectivity index is 1.56. The van der Waals surface area contributed by atoms with Crippen molar-refractivity contribution in [2.45, 2.75) is 38.3 Å². The minimum absolute atomic E-state index is 0.176. The normalized spacial score (nSPS) is 13.9. The molecular weight excluding hydrogens is 429 g/mol. The van der Waals surface area contributed by atoms with Gasteiger partial charge in [-0.15, -0.1) is 11.3 Å². The van der Waals surface area contributed by atoms with Gasteiger partial charge in [0, 0.05) is 11.0 Å². The van der Waals surface area contributed by atoms with E-state index in [4.69, 9.17) is 4.74 Å². The zero-order chi connectivity index (χ0) is 22.4. The van der Waals surface area contributed by atoms with Crippen LogP contribution in [0, 0.1) is 11.3 Å². The van der Waals surface area contributed by atoms with Crippen LogP contribution >= 0.6 is 11.3 Å². The third-order valence-corrected chi connectivity index (χ3v) is 5.96. The Morgan fingerprint density at radius 3 is 2.74 bits per heavy atom. The summed E-state index contributed by atoms with van der Waals surface area (Å²) in [4.78, 5) is 25.1. The predicted molar refractivity (Wildman–Crippen MR) is 110 cm³/mol. The lowest BCUT2D eigenvalue weighted by atomic mass is 10.1. The van der Waals surface area contributed by atoms with Crippen LogP contribution in [0.1, 0.15) is 46.4 Å². The number of thiophene rings is 1. The SMILES string of the molecule is N#Cc1c(NC(=O)COC(=O)/C=C/c2cccc(C(F)(F)F)c2)sc2c1CCCCC2. The van der Waals surface area contributed by atoms with E-state index in [0.29, 0.717) is 10.6 Å². The molecule has 31 heavy (non-hydrogen) atoms. The summed E-state index contributed by atoms with van der Waals surface area (Å²) in [5.74, 6) is -1.45. The number of alkyl halides is 3. The molecule has 0 atom stereocenters. The molecule has 0 saturated heterocycles. The molecule has 0 fully saturated rings. The van der Waals surface area contributed by atoms with Crippen LogP contribution in [0.5, 0.6) is 0 Å². The standard InChI is InChI=1S/C22H19F3N2O3S/c23-22(24,25)15-6-4-5-14(11-15)9-10-20(29)30-13-19(28)27-21-17(12-26)16-7-2-1-3-8-18(16)31-21/h4-6,9-11H,1-3,7-8,13H2,(H,27,28)/b10-9+. The quantitative estimate of drug-likeness (QED) is 0.392. The first kappa shape index (κ1) is 22.6. The molecule has 0 unspecified atom stereocenters. The maximum Gasteiger partial charge on any atom is 0.416 e. The molecule has 162 valence electrons. The maximum atomic E-state index is 12.7. The molecule has 1 aromatic carbocycles. The maximum absolute atomic E-state index is 12.7. The number of nitrogens with zero attached hydrogens (tertiary/aromatic N) is 1. The third kappa shape index (κ3) is 5.95. The monoisotopic (exact) mass is 448 g/mol. The van der Waals surface area contributed by atoms with E-state index in [9.17, 15) is 28.0 Å². The van der Waals surface area contributed by atoms with Gasteiger partial charge < -0.3 is 10.1 Å². The summed E-state index contributed by atoms with van der Waals surface area (Å²) in [7, 11) is 0. The van der Waals surface area contributed by atoms with Crippen molar-refractivity contribution in [2.75, 3.05) is 11.9 Å². The van der Waals surface area contributed by atoms with Gasteiger partial charge >= 0.3 is 12.1 Å². The number of nitrogens with one attached hydrogen (secondary N) is 1. The summed E-state index contributed by atoms with van der Waals surface area (Å²) in [5, 5.41) is 12.6. The highest BCUT2D eigenvalue weighted by atomic mass is 32.1. The summed E-state index contributed by atoms with van der Waals surface area (Å²) in [6.45, 7) is -0.570. The summed E-state index contributed by atoms with van der Waals surface area (Å²) in [6.07, 6.45) is 2.49. The highest BCUT2D eigenvalue weighted by molar-refractivity contribution is 7.16. The van der Waals surface area contributed by atoms with Gasteiger partial charge in [-0.1, -0.05) is 18.6 Å². The van der Waals surface area contributed by atoms with Gasteiger partial charge in [-0.3, -0.25) is 4.79 Å². The Morgan fingerprint density at radius 1 is 1.23 bits per heavy atom. The largest absolute Gasteiger partial charge is 0.452 e. The Kier molecular flexibility index (Phi) is 7.13. The highest BCUT2D eigenvalue weighted by Gasteiger charge is 2.30. The molecule has 0 aliphatic heterocycles. The summed E-state index contributed by atoms with van der Waals surface area (Å²) in [6, 6.07) is 6.63. The van der Waals surface area contributed by atoms with E-state index in [2.05, 4.69) is 11.4 Å². The Labute approximate surface area is 181 Å². The topological polar surface area (TPSA) is 79.2 Å². The lowest BCUT2D eigenvalue weighted by Gasteiger charge is -2.06. The molecule has 5 nitrogen and oxygen atoms in total. The van der Waals surface area contributed by atoms with Crippen LogP contribution in [0.25, 0.3) is 6.08 Å². The van der Waals surface area contributed by atoms with E-state index in [1.807, 2.05) is 0 Å². The highest BCUT2D eigenvalue weighted by Crippen LogP contribution is 2.37. The Morgan fingerprint density at radius 2 is 2.00 bits per heavy atom. The van der Waals surface area contributed by atoms with Gasteiger partial charge in [-0.05, 0) is 55.0 Å². The number of hydrogen-bond acceptors (Lipinski definition) is 5. The molecule has 1 N–H and O–H groups in total. The van der Waals surface area contributed by atoms with Gasteiger partial charge in [0.15, 0.2) is 6.61 Å². The number of esters is 1. The molecular formula is C22H19F3N2O3S.